The molecule has 2 aliphatic heterocycles. The molecule has 1 atom stereocenters. The van der Waals surface area contributed by atoms with Crippen LogP contribution in [0.3, 0.4) is 0 Å². The molecule has 0 radical (unpaired) electrons. The molecule has 1 N–H and O–H groups in total. The first-order valence-corrected chi connectivity index (χ1v) is 8.51. The van der Waals surface area contributed by atoms with Crippen LogP contribution in [-0.4, -0.2) is 54.1 Å². The SMILES string of the molecule is CNc1nc(N2CCN3CCCC3C2)c2cc(C)sc2n1. The molecule has 4 heterocycles. The number of piperazine rings is 1. The highest BCUT2D eigenvalue weighted by atomic mass is 32.1. The van der Waals surface area contributed by atoms with Crippen molar-refractivity contribution in [2.24, 2.45) is 0 Å². The highest BCUT2D eigenvalue weighted by Crippen LogP contribution is 2.33. The van der Waals surface area contributed by atoms with Crippen LogP contribution in [0.4, 0.5) is 11.8 Å². The topological polar surface area (TPSA) is 44.3 Å². The third-order valence-electron chi connectivity index (χ3n) is 4.61. The molecule has 5 nitrogen and oxygen atoms in total. The van der Waals surface area contributed by atoms with Gasteiger partial charge in [-0.1, -0.05) is 0 Å². The van der Waals surface area contributed by atoms with Crippen molar-refractivity contribution in [3.05, 3.63) is 10.9 Å². The van der Waals surface area contributed by atoms with Gasteiger partial charge in [-0.15, -0.1) is 11.3 Å². The Labute approximate surface area is 129 Å². The van der Waals surface area contributed by atoms with Crippen LogP contribution in [0.25, 0.3) is 10.2 Å². The molecule has 4 rings (SSSR count). The lowest BCUT2D eigenvalue weighted by Gasteiger charge is -2.38. The van der Waals surface area contributed by atoms with Crippen molar-refractivity contribution in [1.82, 2.24) is 14.9 Å². The lowest BCUT2D eigenvalue weighted by atomic mass is 10.1. The molecule has 0 aliphatic carbocycles. The average molecular weight is 303 g/mol. The summed E-state index contributed by atoms with van der Waals surface area (Å²) in [6.07, 6.45) is 2.67. The quantitative estimate of drug-likeness (QED) is 0.922. The Balaban J connectivity index is 1.74. The van der Waals surface area contributed by atoms with Crippen molar-refractivity contribution in [3.63, 3.8) is 0 Å². The third kappa shape index (κ3) is 2.26. The molecule has 0 aromatic carbocycles. The smallest absolute Gasteiger partial charge is 0.225 e. The van der Waals surface area contributed by atoms with Crippen LogP contribution in [0.2, 0.25) is 0 Å². The molecule has 2 saturated heterocycles. The van der Waals surface area contributed by atoms with E-state index in [1.165, 1.54) is 29.6 Å². The van der Waals surface area contributed by atoms with E-state index in [-0.39, 0.29) is 0 Å². The first-order valence-electron chi connectivity index (χ1n) is 7.69. The van der Waals surface area contributed by atoms with Gasteiger partial charge in [-0.25, -0.2) is 4.98 Å². The predicted octanol–water partition coefficient (Wildman–Crippen LogP) is 2.33. The minimum Gasteiger partial charge on any atom is -0.357 e. The van der Waals surface area contributed by atoms with E-state index in [2.05, 4.69) is 33.1 Å². The Kier molecular flexibility index (Phi) is 3.23. The lowest BCUT2D eigenvalue weighted by molar-refractivity contribution is 0.230. The number of nitrogens with one attached hydrogen (secondary N) is 1. The molecular weight excluding hydrogens is 282 g/mol. The number of hydrogen-bond donors (Lipinski definition) is 1. The standard InChI is InChI=1S/C15H21N5S/c1-10-8-12-13(17-15(16-2)18-14(12)21-10)20-7-6-19-5-3-4-11(19)9-20/h8,11H,3-7,9H2,1-2H3,(H,16,17,18). The predicted molar refractivity (Wildman–Crippen MR) is 88.5 cm³/mol. The largest absolute Gasteiger partial charge is 0.357 e. The van der Waals surface area contributed by atoms with Crippen LogP contribution in [0.15, 0.2) is 6.07 Å². The van der Waals surface area contributed by atoms with Crippen LogP contribution in [0.5, 0.6) is 0 Å². The van der Waals surface area contributed by atoms with Crippen molar-refractivity contribution in [3.8, 4) is 0 Å². The van der Waals surface area contributed by atoms with Crippen molar-refractivity contribution in [2.75, 3.05) is 43.4 Å². The molecule has 21 heavy (non-hydrogen) atoms. The zero-order valence-electron chi connectivity index (χ0n) is 12.6. The van der Waals surface area contributed by atoms with E-state index < -0.39 is 0 Å². The van der Waals surface area contributed by atoms with E-state index in [0.717, 1.165) is 36.2 Å². The first-order chi connectivity index (χ1) is 10.2. The van der Waals surface area contributed by atoms with E-state index in [0.29, 0.717) is 6.04 Å². The molecule has 0 spiro atoms. The summed E-state index contributed by atoms with van der Waals surface area (Å²) in [4.78, 5) is 16.8. The maximum Gasteiger partial charge on any atom is 0.225 e. The van der Waals surface area contributed by atoms with Crippen molar-refractivity contribution in [1.29, 1.82) is 0 Å². The zero-order valence-corrected chi connectivity index (χ0v) is 13.4. The fraction of sp³-hybridized carbons (Fsp3) is 0.600. The van der Waals surface area contributed by atoms with E-state index in [9.17, 15) is 0 Å². The van der Waals surface area contributed by atoms with E-state index in [1.807, 2.05) is 7.05 Å². The number of nitrogens with zero attached hydrogens (tertiary/aromatic N) is 4. The summed E-state index contributed by atoms with van der Waals surface area (Å²) >= 11 is 1.75. The van der Waals surface area contributed by atoms with Crippen LogP contribution in [-0.2, 0) is 0 Å². The molecule has 0 saturated carbocycles. The van der Waals surface area contributed by atoms with Crippen LogP contribution >= 0.6 is 11.3 Å². The molecule has 2 aromatic rings. The van der Waals surface area contributed by atoms with Gasteiger partial charge >= 0.3 is 0 Å². The van der Waals surface area contributed by atoms with E-state index in [4.69, 9.17) is 4.98 Å². The number of aryl methyl sites for hydroxylation is 1. The fourth-order valence-electron chi connectivity index (χ4n) is 3.56. The molecule has 2 aromatic heterocycles. The molecule has 0 amide bonds. The average Bonchev–Trinajstić information content (AvgIpc) is 3.09. The van der Waals surface area contributed by atoms with Crippen LogP contribution in [0, 0.1) is 6.92 Å². The van der Waals surface area contributed by atoms with Crippen LogP contribution in [0.1, 0.15) is 17.7 Å². The Bertz CT molecular complexity index is 667. The number of aromatic nitrogens is 2. The second-order valence-corrected chi connectivity index (χ2v) is 7.21. The second-order valence-electron chi connectivity index (χ2n) is 5.97. The first kappa shape index (κ1) is 13.3. The molecule has 6 heteroatoms. The number of fused-ring (bicyclic) bond motifs is 2. The Morgan fingerprint density at radius 1 is 1.29 bits per heavy atom. The van der Waals surface area contributed by atoms with Crippen molar-refractivity contribution < 1.29 is 0 Å². The van der Waals surface area contributed by atoms with Gasteiger partial charge in [0.25, 0.3) is 0 Å². The molecular formula is C15H21N5S. The summed E-state index contributed by atoms with van der Waals surface area (Å²) < 4.78 is 0. The molecule has 2 aliphatic rings. The Hall–Kier alpha value is -1.40. The fourth-order valence-corrected chi connectivity index (χ4v) is 4.44. The van der Waals surface area contributed by atoms with E-state index >= 15 is 0 Å². The number of rotatable bonds is 2. The van der Waals surface area contributed by atoms with Crippen molar-refractivity contribution in [2.45, 2.75) is 25.8 Å². The van der Waals surface area contributed by atoms with E-state index in [1.54, 1.807) is 11.3 Å². The third-order valence-corrected chi connectivity index (χ3v) is 5.55. The second kappa shape index (κ2) is 5.10. The van der Waals surface area contributed by atoms with Gasteiger partial charge in [-0.2, -0.15) is 4.98 Å². The maximum absolute atomic E-state index is 4.76. The van der Waals surface area contributed by atoms with Gasteiger partial charge in [0.2, 0.25) is 5.95 Å². The number of anilines is 2. The number of thiophene rings is 1. The van der Waals surface area contributed by atoms with Gasteiger partial charge in [0.05, 0.1) is 5.39 Å². The van der Waals surface area contributed by atoms with Gasteiger partial charge in [0.1, 0.15) is 10.6 Å². The molecule has 1 unspecified atom stereocenters. The minimum atomic E-state index is 0.710. The summed E-state index contributed by atoms with van der Waals surface area (Å²) in [6, 6.07) is 2.94. The van der Waals surface area contributed by atoms with Crippen molar-refractivity contribution >= 4 is 33.3 Å². The Morgan fingerprint density at radius 2 is 2.19 bits per heavy atom. The van der Waals surface area contributed by atoms with Gasteiger partial charge in [-0.3, -0.25) is 4.90 Å². The van der Waals surface area contributed by atoms with Crippen LogP contribution < -0.4 is 10.2 Å². The highest BCUT2D eigenvalue weighted by molar-refractivity contribution is 7.18. The van der Waals surface area contributed by atoms with Gasteiger partial charge < -0.3 is 10.2 Å². The maximum atomic E-state index is 4.76. The summed E-state index contributed by atoms with van der Waals surface area (Å²) in [5.41, 5.74) is 0. The summed E-state index contributed by atoms with van der Waals surface area (Å²) in [7, 11) is 1.89. The van der Waals surface area contributed by atoms with Gasteiger partial charge in [0.15, 0.2) is 0 Å². The summed E-state index contributed by atoms with van der Waals surface area (Å²) in [5.74, 6) is 1.84. The summed E-state index contributed by atoms with van der Waals surface area (Å²) in [5, 5.41) is 4.31. The lowest BCUT2D eigenvalue weighted by Crippen LogP contribution is -2.50. The molecule has 0 bridgehead atoms. The molecule has 112 valence electrons. The molecule has 2 fully saturated rings. The summed E-state index contributed by atoms with van der Waals surface area (Å²) in [6.45, 7) is 6.75. The monoisotopic (exact) mass is 303 g/mol. The van der Waals surface area contributed by atoms with Gasteiger partial charge in [-0.05, 0) is 32.4 Å². The minimum absolute atomic E-state index is 0.710. The van der Waals surface area contributed by atoms with Gasteiger partial charge in [0, 0.05) is 37.6 Å². The zero-order chi connectivity index (χ0) is 14.4. The normalized spacial score (nSPS) is 22.8. The highest BCUT2D eigenvalue weighted by Gasteiger charge is 2.32. The Morgan fingerprint density at radius 3 is 3.05 bits per heavy atom. The number of hydrogen-bond acceptors (Lipinski definition) is 6.